The average Bonchev–Trinajstić information content (AvgIpc) is 1.20. The number of thiazole rings is 5. The first-order valence-corrected chi connectivity index (χ1v) is 36.4. The van der Waals surface area contributed by atoms with Crippen molar-refractivity contribution in [3.63, 3.8) is 0 Å². The normalized spacial score (nSPS) is 11.0. The zero-order chi connectivity index (χ0) is 70.6. The molecule has 11 aromatic rings. The minimum Gasteiger partial charge on any atom is -0.465 e. The van der Waals surface area contributed by atoms with Crippen LogP contribution in [0.15, 0.2) is 189 Å². The van der Waals surface area contributed by atoms with Gasteiger partial charge in [0, 0.05) is 113 Å². The number of thioether (sulfide) groups is 2. The van der Waals surface area contributed by atoms with Crippen LogP contribution < -0.4 is 10.2 Å². The lowest BCUT2D eigenvalue weighted by Crippen LogP contribution is -2.11. The second kappa shape index (κ2) is 40.1. The molecule has 11 rings (SSSR count). The zero-order valence-corrected chi connectivity index (χ0v) is 62.2. The van der Waals surface area contributed by atoms with E-state index in [0.29, 0.717) is 36.2 Å². The SMILES string of the molecule is BrCc1cnc(Br)s1.COC(=O)c1cnc(Br)s1.FC(F)(F)c1cc(=S)cc[nH]1.FC(F)(F)c1cc(SCc2cnc(-c3ccc(Oc4ccccc4)cc3)s2)ccn1.FC(F)(F)c1cc(SCc2cnc(Br)s2)ccn1.O=c1cc[nH]c(C(F)(F)F)c1.OCc1cnc(Br)s1. The van der Waals surface area contributed by atoms with E-state index in [0.717, 1.165) is 84.2 Å². The summed E-state index contributed by atoms with van der Waals surface area (Å²) in [5, 5.41) is 10.2. The monoisotopic (exact) mass is 1810 g/mol. The Hall–Kier alpha value is -5.30. The molecule has 2 aromatic carbocycles. The Morgan fingerprint density at radius 2 is 1.00 bits per heavy atom. The fourth-order valence-electron chi connectivity index (χ4n) is 6.14. The van der Waals surface area contributed by atoms with Crippen LogP contribution in [0, 0.1) is 4.51 Å². The Balaban J connectivity index is 0.000000217. The van der Waals surface area contributed by atoms with Crippen LogP contribution in [0.2, 0.25) is 0 Å². The number of methoxy groups -OCH3 is 1. The first-order chi connectivity index (χ1) is 45.3. The fraction of sp³-hybridized carbons (Fsp3) is 0.158. The topological polar surface area (TPSA) is 195 Å². The van der Waals surface area contributed by atoms with Gasteiger partial charge in [0.1, 0.15) is 44.2 Å². The van der Waals surface area contributed by atoms with Crippen LogP contribution in [0.3, 0.4) is 0 Å². The molecule has 0 unspecified atom stereocenters. The van der Waals surface area contributed by atoms with Crippen LogP contribution in [0.4, 0.5) is 52.7 Å². The van der Waals surface area contributed by atoms with Gasteiger partial charge in [0.2, 0.25) is 0 Å². The van der Waals surface area contributed by atoms with E-state index in [1.54, 1.807) is 42.1 Å². The maximum Gasteiger partial charge on any atom is 0.433 e. The smallest absolute Gasteiger partial charge is 0.433 e. The number of rotatable bonds is 12. The van der Waals surface area contributed by atoms with Gasteiger partial charge in [-0.3, -0.25) is 14.8 Å². The summed E-state index contributed by atoms with van der Waals surface area (Å²) in [7, 11) is 1.34. The summed E-state index contributed by atoms with van der Waals surface area (Å²) in [5.74, 6) is 2.28. The third-order valence-electron chi connectivity index (χ3n) is 10.3. The number of halogens is 17. The second-order valence-corrected chi connectivity index (χ2v) is 31.0. The highest BCUT2D eigenvalue weighted by molar-refractivity contribution is 9.11. The number of para-hydroxylation sites is 1. The van der Waals surface area contributed by atoms with Gasteiger partial charge in [-0.05, 0) is 137 Å². The highest BCUT2D eigenvalue weighted by Crippen LogP contribution is 2.36. The van der Waals surface area contributed by atoms with Crippen molar-refractivity contribution in [1.82, 2.24) is 44.9 Å². The number of esters is 1. The predicted octanol–water partition coefficient (Wildman–Crippen LogP) is 22.0. The molecule has 9 heterocycles. The van der Waals surface area contributed by atoms with E-state index in [1.807, 2.05) is 65.8 Å². The van der Waals surface area contributed by atoms with Crippen molar-refractivity contribution >= 4 is 178 Å². The van der Waals surface area contributed by atoms with Crippen LogP contribution in [0.5, 0.6) is 11.5 Å². The molecule has 0 aliphatic carbocycles. The third-order valence-corrected chi connectivity index (χ3v) is 20.9. The lowest BCUT2D eigenvalue weighted by Gasteiger charge is -2.06. The molecule has 0 amide bonds. The number of aliphatic hydroxyl groups is 1. The van der Waals surface area contributed by atoms with Gasteiger partial charge in [0.05, 0.1) is 24.8 Å². The number of hydrogen-bond acceptors (Lipinski definition) is 20. The van der Waals surface area contributed by atoms with Gasteiger partial charge in [0.25, 0.3) is 0 Å². The number of carbonyl (C=O) groups is 1. The van der Waals surface area contributed by atoms with Crippen molar-refractivity contribution in [2.24, 2.45) is 0 Å². The van der Waals surface area contributed by atoms with Gasteiger partial charge >= 0.3 is 30.7 Å². The predicted molar refractivity (Wildman–Crippen MR) is 370 cm³/mol. The standard InChI is InChI=1S/C22H15F3N2OS2.C10H6BrF3N2S2.C6H4F3NO.C6H4F3NS.C5H4BrNO2S.C4H3Br2NS.C4H4BrNOS/c23-22(24,25)20-12-18(10-11-26-20)29-14-19-13-27-21(30-19)15-6-8-17(9-7-15)28-16-4-2-1-3-5-16;11-9-16-4-7(18-9)5-17-6-1-2-15-8(3-6)10(12,13)14;2*7-6(8,9)5-3-4(11)1-2-10-5;1-9-4(8)3-2-7-5(6)10-3;5-1-3-2-7-4(6)8-3;5-4-6-1-3(2-7)8-4/h1-13H,14H2;1-4H,5H2;2*1-3H,(H,10,11);2H,1H3;2H,1H2;1,7H,2H2. The number of ether oxygens (including phenoxy) is 2. The Bertz CT molecular complexity index is 4170. The third kappa shape index (κ3) is 30.4. The molecule has 0 saturated heterocycles. The number of benzene rings is 2. The van der Waals surface area contributed by atoms with Crippen molar-refractivity contribution in [2.45, 2.75) is 57.9 Å². The summed E-state index contributed by atoms with van der Waals surface area (Å²) >= 11 is 30.6. The highest BCUT2D eigenvalue weighted by Gasteiger charge is 2.34. The van der Waals surface area contributed by atoms with E-state index < -0.39 is 52.9 Å². The number of aromatic nitrogens is 9. The minimum atomic E-state index is -4.47. The highest BCUT2D eigenvalue weighted by atomic mass is 79.9. The van der Waals surface area contributed by atoms with E-state index in [9.17, 15) is 62.3 Å². The number of nitrogens with one attached hydrogen (secondary N) is 2. The molecule has 510 valence electrons. The van der Waals surface area contributed by atoms with E-state index in [4.69, 9.17) is 9.84 Å². The quantitative estimate of drug-likeness (QED) is 0.0343. The summed E-state index contributed by atoms with van der Waals surface area (Å²) < 4.78 is 160. The molecule has 0 radical (unpaired) electrons. The number of pyridine rings is 4. The number of aliphatic hydroxyl groups excluding tert-OH is 1. The van der Waals surface area contributed by atoms with Crippen molar-refractivity contribution in [2.75, 3.05) is 7.11 Å². The Kier molecular flexibility index (Phi) is 34.0. The summed E-state index contributed by atoms with van der Waals surface area (Å²) in [6, 6.07) is 26.2. The Morgan fingerprint density at radius 3 is 1.40 bits per heavy atom. The van der Waals surface area contributed by atoms with Crippen molar-refractivity contribution in [3.8, 4) is 22.1 Å². The van der Waals surface area contributed by atoms with Crippen LogP contribution in [0.1, 0.15) is 52.0 Å². The molecule has 0 atom stereocenters. The zero-order valence-electron chi connectivity index (χ0n) is 47.7. The van der Waals surface area contributed by atoms with E-state index in [1.165, 1.54) is 112 Å². The lowest BCUT2D eigenvalue weighted by atomic mass is 10.2. The second-order valence-electron chi connectivity index (χ2n) is 17.3. The molecule has 0 fully saturated rings. The Morgan fingerprint density at radius 1 is 0.542 bits per heavy atom. The lowest BCUT2D eigenvalue weighted by molar-refractivity contribution is -0.142. The maximum atomic E-state index is 12.8. The molecule has 0 bridgehead atoms. The summed E-state index contributed by atoms with van der Waals surface area (Å²) in [6.07, 6.45) is -4.73. The van der Waals surface area contributed by atoms with Gasteiger partial charge in [-0.1, -0.05) is 46.3 Å². The molecule has 0 spiro atoms. The number of hydrogen-bond donors (Lipinski definition) is 3. The molecule has 39 heteroatoms. The number of alkyl halides is 13. The minimum absolute atomic E-state index is 0.0866. The average molecular weight is 1820 g/mol. The number of carbonyl (C=O) groups excluding carboxylic acids is 1. The summed E-state index contributed by atoms with van der Waals surface area (Å²) in [4.78, 5) is 57.7. The molecule has 9 aromatic heterocycles. The molecular weight excluding hydrogens is 1770 g/mol. The molecule has 0 saturated carbocycles. The molecular formula is C57H40Br5F12N9O5S8. The fourth-order valence-corrected chi connectivity index (χ4v) is 14.6. The van der Waals surface area contributed by atoms with Crippen molar-refractivity contribution < 1.29 is 72.1 Å². The summed E-state index contributed by atoms with van der Waals surface area (Å²) in [6.45, 7) is 0.0866. The summed E-state index contributed by atoms with van der Waals surface area (Å²) in [5.41, 5.74) is -3.28. The van der Waals surface area contributed by atoms with Gasteiger partial charge in [-0.2, -0.15) is 52.7 Å². The van der Waals surface area contributed by atoms with E-state index in [2.05, 4.69) is 136 Å². The van der Waals surface area contributed by atoms with Crippen LogP contribution in [0.25, 0.3) is 10.6 Å². The van der Waals surface area contributed by atoms with Gasteiger partial charge in [-0.15, -0.1) is 80.2 Å². The van der Waals surface area contributed by atoms with Crippen LogP contribution >= 0.6 is 172 Å². The van der Waals surface area contributed by atoms with Crippen LogP contribution in [-0.4, -0.2) is 63.0 Å². The van der Waals surface area contributed by atoms with E-state index in [-0.39, 0.29) is 17.1 Å². The largest absolute Gasteiger partial charge is 0.465 e. The maximum absolute atomic E-state index is 12.8. The first-order valence-electron chi connectivity index (χ1n) is 25.6. The van der Waals surface area contributed by atoms with Crippen LogP contribution in [-0.2, 0) is 52.9 Å². The molecule has 14 nitrogen and oxygen atoms in total. The molecule has 0 aliphatic rings. The number of aromatic amines is 2. The number of H-pyrrole nitrogens is 2. The molecule has 96 heavy (non-hydrogen) atoms. The van der Waals surface area contributed by atoms with Crippen molar-refractivity contribution in [3.05, 3.63) is 236 Å². The van der Waals surface area contributed by atoms with Gasteiger partial charge < -0.3 is 24.5 Å². The van der Waals surface area contributed by atoms with Gasteiger partial charge in [0.15, 0.2) is 21.1 Å². The van der Waals surface area contributed by atoms with Crippen molar-refractivity contribution in [1.29, 1.82) is 0 Å². The van der Waals surface area contributed by atoms with E-state index >= 15 is 0 Å². The molecule has 3 N–H and O–H groups in total. The molecule has 0 aliphatic heterocycles. The Labute approximate surface area is 612 Å². The number of nitrogens with zero attached hydrogens (tertiary/aromatic N) is 7. The van der Waals surface area contributed by atoms with Gasteiger partial charge in [-0.25, -0.2) is 29.7 Å². The first kappa shape index (κ1) is 81.4.